The zero-order chi connectivity index (χ0) is 15.6. The number of rotatable bonds is 4. The number of hydrogen-bond acceptors (Lipinski definition) is 2. The third-order valence-electron chi connectivity index (χ3n) is 3.07. The van der Waals surface area contributed by atoms with Crippen molar-refractivity contribution < 1.29 is 18.6 Å². The highest BCUT2D eigenvalue weighted by Crippen LogP contribution is 2.35. The van der Waals surface area contributed by atoms with Gasteiger partial charge in [-0.2, -0.15) is 0 Å². The van der Waals surface area contributed by atoms with Crippen molar-refractivity contribution in [2.24, 2.45) is 0 Å². The zero-order valence-electron chi connectivity index (χ0n) is 11.0. The average Bonchev–Trinajstić information content (AvgIpc) is 2.45. The number of ether oxygens (including phenoxy) is 1. The predicted octanol–water partition coefficient (Wildman–Crippen LogP) is 4.56. The van der Waals surface area contributed by atoms with E-state index in [0.717, 1.165) is 6.07 Å². The van der Waals surface area contributed by atoms with Gasteiger partial charge in [-0.05, 0) is 17.7 Å². The van der Waals surface area contributed by atoms with Crippen LogP contribution in [0.3, 0.4) is 0 Å². The molecule has 2 aromatic rings. The van der Waals surface area contributed by atoms with Gasteiger partial charge in [0.1, 0.15) is 5.75 Å². The molecule has 0 bridgehead atoms. The number of halogens is 4. The summed E-state index contributed by atoms with van der Waals surface area (Å²) in [5, 5.41) is 10.7. The molecule has 2 rings (SSSR count). The lowest BCUT2D eigenvalue weighted by Crippen LogP contribution is -2.05. The van der Waals surface area contributed by atoms with Crippen LogP contribution in [0.4, 0.5) is 8.78 Å². The Labute approximate surface area is 130 Å². The Kier molecular flexibility index (Phi) is 5.04. The highest BCUT2D eigenvalue weighted by atomic mass is 35.5. The molecule has 2 aromatic carbocycles. The topological polar surface area (TPSA) is 29.5 Å². The third kappa shape index (κ3) is 3.46. The van der Waals surface area contributed by atoms with Crippen LogP contribution < -0.4 is 4.74 Å². The monoisotopic (exact) mass is 332 g/mol. The number of aliphatic hydroxyl groups excluding tert-OH is 1. The van der Waals surface area contributed by atoms with Gasteiger partial charge in [-0.15, -0.1) is 0 Å². The van der Waals surface area contributed by atoms with E-state index in [-0.39, 0.29) is 22.0 Å². The fraction of sp³-hybridized carbons (Fsp3) is 0.200. The van der Waals surface area contributed by atoms with Crippen LogP contribution in [0, 0.1) is 11.6 Å². The standard InChI is InChI=1S/C15H12Cl2F2O2/c1-21-14-7-10(16)9(6-11(14)17)13(20)5-8-3-2-4-12(18)15(8)19/h2-4,6-7,13,20H,5H2,1H3. The number of methoxy groups -OCH3 is 1. The Morgan fingerprint density at radius 1 is 1.19 bits per heavy atom. The largest absolute Gasteiger partial charge is 0.495 e. The lowest BCUT2D eigenvalue weighted by molar-refractivity contribution is 0.177. The second-order valence-corrected chi connectivity index (χ2v) is 5.26. The van der Waals surface area contributed by atoms with Crippen LogP contribution in [0.25, 0.3) is 0 Å². The van der Waals surface area contributed by atoms with Gasteiger partial charge in [0.15, 0.2) is 11.6 Å². The van der Waals surface area contributed by atoms with Crippen molar-refractivity contribution in [1.29, 1.82) is 0 Å². The van der Waals surface area contributed by atoms with Crippen molar-refractivity contribution in [3.05, 3.63) is 63.1 Å². The molecule has 0 aliphatic heterocycles. The van der Waals surface area contributed by atoms with E-state index in [0.29, 0.717) is 11.3 Å². The van der Waals surface area contributed by atoms with Crippen LogP contribution in [-0.4, -0.2) is 12.2 Å². The fourth-order valence-corrected chi connectivity index (χ4v) is 2.51. The molecule has 0 heterocycles. The molecule has 0 aliphatic rings. The van der Waals surface area contributed by atoms with E-state index in [1.807, 2.05) is 0 Å². The lowest BCUT2D eigenvalue weighted by atomic mass is 10.0. The SMILES string of the molecule is COc1cc(Cl)c(C(O)Cc2cccc(F)c2F)cc1Cl. The molecule has 0 fully saturated rings. The first-order valence-electron chi connectivity index (χ1n) is 6.08. The molecule has 21 heavy (non-hydrogen) atoms. The molecule has 0 saturated carbocycles. The van der Waals surface area contributed by atoms with E-state index in [1.54, 1.807) is 0 Å². The Morgan fingerprint density at radius 3 is 2.57 bits per heavy atom. The van der Waals surface area contributed by atoms with E-state index < -0.39 is 17.7 Å². The lowest BCUT2D eigenvalue weighted by Gasteiger charge is -2.15. The maximum Gasteiger partial charge on any atom is 0.162 e. The molecule has 2 nitrogen and oxygen atoms in total. The smallest absolute Gasteiger partial charge is 0.162 e. The van der Waals surface area contributed by atoms with E-state index >= 15 is 0 Å². The van der Waals surface area contributed by atoms with Gasteiger partial charge in [0.2, 0.25) is 0 Å². The summed E-state index contributed by atoms with van der Waals surface area (Å²) in [6, 6.07) is 6.71. The van der Waals surface area contributed by atoms with Gasteiger partial charge >= 0.3 is 0 Å². The van der Waals surface area contributed by atoms with E-state index in [2.05, 4.69) is 0 Å². The quantitative estimate of drug-likeness (QED) is 0.889. The molecule has 0 spiro atoms. The maximum atomic E-state index is 13.6. The van der Waals surface area contributed by atoms with Crippen LogP contribution in [0.2, 0.25) is 10.0 Å². The van der Waals surface area contributed by atoms with Gasteiger partial charge in [0.05, 0.1) is 23.3 Å². The molecular formula is C15H12Cl2F2O2. The minimum absolute atomic E-state index is 0.0607. The average molecular weight is 333 g/mol. The highest BCUT2D eigenvalue weighted by molar-refractivity contribution is 6.34. The minimum atomic E-state index is -1.11. The van der Waals surface area contributed by atoms with Crippen molar-refractivity contribution in [3.8, 4) is 5.75 Å². The first kappa shape index (κ1) is 16.0. The van der Waals surface area contributed by atoms with E-state index in [1.165, 1.54) is 31.4 Å². The summed E-state index contributed by atoms with van der Waals surface area (Å²) in [6.45, 7) is 0. The minimum Gasteiger partial charge on any atom is -0.495 e. The maximum absolute atomic E-state index is 13.6. The summed E-state index contributed by atoms with van der Waals surface area (Å²) in [5.74, 6) is -1.57. The van der Waals surface area contributed by atoms with E-state index in [4.69, 9.17) is 27.9 Å². The van der Waals surface area contributed by atoms with E-state index in [9.17, 15) is 13.9 Å². The molecule has 0 aromatic heterocycles. The molecule has 0 radical (unpaired) electrons. The van der Waals surface area contributed by atoms with Crippen molar-refractivity contribution in [2.45, 2.75) is 12.5 Å². The zero-order valence-corrected chi connectivity index (χ0v) is 12.6. The summed E-state index contributed by atoms with van der Waals surface area (Å²) in [4.78, 5) is 0. The summed E-state index contributed by atoms with van der Waals surface area (Å²) >= 11 is 12.0. The number of hydrogen-bond donors (Lipinski definition) is 1. The molecule has 1 N–H and O–H groups in total. The fourth-order valence-electron chi connectivity index (χ4n) is 1.98. The first-order valence-corrected chi connectivity index (χ1v) is 6.83. The molecule has 1 unspecified atom stereocenters. The second kappa shape index (κ2) is 6.60. The molecular weight excluding hydrogens is 321 g/mol. The van der Waals surface area contributed by atoms with Gasteiger partial charge in [0.25, 0.3) is 0 Å². The van der Waals surface area contributed by atoms with Crippen molar-refractivity contribution in [3.63, 3.8) is 0 Å². The van der Waals surface area contributed by atoms with Gasteiger partial charge in [0, 0.05) is 18.1 Å². The Hall–Kier alpha value is -1.36. The Bertz CT molecular complexity index is 662. The highest BCUT2D eigenvalue weighted by Gasteiger charge is 2.18. The van der Waals surface area contributed by atoms with Crippen LogP contribution in [0.5, 0.6) is 5.75 Å². The van der Waals surface area contributed by atoms with Crippen molar-refractivity contribution >= 4 is 23.2 Å². The molecule has 0 aliphatic carbocycles. The summed E-state index contributed by atoms with van der Waals surface area (Å²) in [6.07, 6.45) is -1.23. The van der Waals surface area contributed by atoms with Gasteiger partial charge in [-0.3, -0.25) is 0 Å². The van der Waals surface area contributed by atoms with Gasteiger partial charge in [-0.1, -0.05) is 35.3 Å². The summed E-state index contributed by atoms with van der Waals surface area (Å²) < 4.78 is 31.8. The van der Waals surface area contributed by atoms with Crippen molar-refractivity contribution in [1.82, 2.24) is 0 Å². The first-order chi connectivity index (χ1) is 9.93. The second-order valence-electron chi connectivity index (χ2n) is 4.44. The van der Waals surface area contributed by atoms with Crippen LogP contribution >= 0.6 is 23.2 Å². The number of benzene rings is 2. The third-order valence-corrected chi connectivity index (χ3v) is 3.70. The van der Waals surface area contributed by atoms with Gasteiger partial charge < -0.3 is 9.84 Å². The van der Waals surface area contributed by atoms with Crippen molar-refractivity contribution in [2.75, 3.05) is 7.11 Å². The van der Waals surface area contributed by atoms with Crippen LogP contribution in [0.15, 0.2) is 30.3 Å². The molecule has 6 heteroatoms. The summed E-state index contributed by atoms with van der Waals surface area (Å²) in [5.41, 5.74) is 0.386. The Balaban J connectivity index is 2.30. The summed E-state index contributed by atoms with van der Waals surface area (Å²) in [7, 11) is 1.44. The van der Waals surface area contributed by atoms with Crippen LogP contribution in [-0.2, 0) is 6.42 Å². The molecule has 0 saturated heterocycles. The van der Waals surface area contributed by atoms with Gasteiger partial charge in [-0.25, -0.2) is 8.78 Å². The number of aliphatic hydroxyl groups is 1. The van der Waals surface area contributed by atoms with Crippen LogP contribution in [0.1, 0.15) is 17.2 Å². The molecule has 1 atom stereocenters. The molecule has 0 amide bonds. The predicted molar refractivity (Wildman–Crippen MR) is 78.0 cm³/mol. The Morgan fingerprint density at radius 2 is 1.90 bits per heavy atom. The molecule has 112 valence electrons. The normalized spacial score (nSPS) is 12.3.